The Labute approximate surface area is 170 Å². The summed E-state index contributed by atoms with van der Waals surface area (Å²) in [5, 5.41) is 8.24. The maximum Gasteiger partial charge on any atom is 0.253 e. The summed E-state index contributed by atoms with van der Waals surface area (Å²) in [7, 11) is 0. The van der Waals surface area contributed by atoms with Gasteiger partial charge < -0.3 is 15.5 Å². The van der Waals surface area contributed by atoms with E-state index in [2.05, 4.69) is 15.5 Å². The average Bonchev–Trinajstić information content (AvgIpc) is 3.41. The zero-order chi connectivity index (χ0) is 19.3. The van der Waals surface area contributed by atoms with Crippen molar-refractivity contribution in [3.05, 3.63) is 52.2 Å². The molecule has 148 valence electrons. The topological polar surface area (TPSA) is 61.4 Å². The van der Waals surface area contributed by atoms with Crippen LogP contribution in [0, 0.1) is 5.92 Å². The van der Waals surface area contributed by atoms with Crippen LogP contribution in [-0.2, 0) is 11.2 Å². The molecule has 2 N–H and O–H groups in total. The summed E-state index contributed by atoms with van der Waals surface area (Å²) >= 11 is 1.62. The predicted octanol–water partition coefficient (Wildman–Crippen LogP) is 3.22. The fourth-order valence-corrected chi connectivity index (χ4v) is 4.41. The number of para-hydroxylation sites is 1. The molecule has 5 nitrogen and oxygen atoms in total. The molecule has 28 heavy (non-hydrogen) atoms. The Morgan fingerprint density at radius 3 is 2.54 bits per heavy atom. The molecule has 4 rings (SSSR count). The minimum absolute atomic E-state index is 0.0221. The molecule has 2 amide bonds. The third kappa shape index (κ3) is 4.93. The molecule has 0 spiro atoms. The Bertz CT molecular complexity index is 809. The van der Waals surface area contributed by atoms with Crippen LogP contribution in [0.4, 0.5) is 5.69 Å². The number of carbonyl (C=O) groups is 2. The fraction of sp³-hybridized carbons (Fsp3) is 0.455. The first kappa shape index (κ1) is 19.0. The van der Waals surface area contributed by atoms with Crippen LogP contribution < -0.4 is 15.5 Å². The number of piperidine rings is 1. The fourth-order valence-electron chi connectivity index (χ4n) is 3.71. The Balaban J connectivity index is 1.31. The van der Waals surface area contributed by atoms with E-state index in [1.54, 1.807) is 11.3 Å². The number of nitrogens with zero attached hydrogens (tertiary/aromatic N) is 1. The van der Waals surface area contributed by atoms with Gasteiger partial charge in [0.25, 0.3) is 5.91 Å². The van der Waals surface area contributed by atoms with Gasteiger partial charge >= 0.3 is 0 Å². The second-order valence-corrected chi connectivity index (χ2v) is 8.79. The SMILES string of the molecule is O=C(Cc1cccs1)NC1CCN(c2ccccc2C(=O)NCC2CC2)CC1. The Morgan fingerprint density at radius 1 is 1.04 bits per heavy atom. The maximum absolute atomic E-state index is 12.6. The highest BCUT2D eigenvalue weighted by Gasteiger charge is 2.25. The monoisotopic (exact) mass is 397 g/mol. The minimum atomic E-state index is 0.0221. The number of anilines is 1. The van der Waals surface area contributed by atoms with Crippen molar-refractivity contribution in [2.24, 2.45) is 5.92 Å². The summed E-state index contributed by atoms with van der Waals surface area (Å²) in [5.74, 6) is 0.791. The highest BCUT2D eigenvalue weighted by Crippen LogP contribution is 2.28. The van der Waals surface area contributed by atoms with Crippen molar-refractivity contribution in [3.63, 3.8) is 0 Å². The molecule has 1 saturated heterocycles. The molecule has 0 atom stereocenters. The second kappa shape index (κ2) is 8.78. The first-order chi connectivity index (χ1) is 13.7. The molecule has 2 fully saturated rings. The van der Waals surface area contributed by atoms with Gasteiger partial charge in [0.05, 0.1) is 12.0 Å². The molecule has 0 radical (unpaired) electrons. The van der Waals surface area contributed by atoms with E-state index in [1.807, 2.05) is 41.8 Å². The van der Waals surface area contributed by atoms with E-state index in [9.17, 15) is 9.59 Å². The van der Waals surface area contributed by atoms with Gasteiger partial charge in [0.2, 0.25) is 5.91 Å². The van der Waals surface area contributed by atoms with Gasteiger partial charge in [0.15, 0.2) is 0 Å². The summed E-state index contributed by atoms with van der Waals surface area (Å²) in [6, 6.07) is 12.0. The first-order valence-electron chi connectivity index (χ1n) is 10.1. The van der Waals surface area contributed by atoms with Crippen LogP contribution in [0.2, 0.25) is 0 Å². The minimum Gasteiger partial charge on any atom is -0.371 e. The van der Waals surface area contributed by atoms with Crippen molar-refractivity contribution < 1.29 is 9.59 Å². The molecule has 2 heterocycles. The van der Waals surface area contributed by atoms with E-state index in [0.717, 1.165) is 48.6 Å². The third-order valence-electron chi connectivity index (χ3n) is 5.51. The maximum atomic E-state index is 12.6. The van der Waals surface area contributed by atoms with Gasteiger partial charge in [-0.05, 0) is 55.2 Å². The third-order valence-corrected chi connectivity index (χ3v) is 6.39. The standard InChI is InChI=1S/C22H27N3O2S/c26-21(14-18-4-3-13-28-18)24-17-9-11-25(12-10-17)20-6-2-1-5-19(20)22(27)23-15-16-7-8-16/h1-6,13,16-17H,7-12,14-15H2,(H,23,27)(H,24,26). The van der Waals surface area contributed by atoms with Crippen LogP contribution in [0.1, 0.15) is 40.9 Å². The summed E-state index contributed by atoms with van der Waals surface area (Å²) in [6.07, 6.45) is 4.71. The molecule has 1 aliphatic carbocycles. The molecule has 2 aliphatic rings. The van der Waals surface area contributed by atoms with E-state index >= 15 is 0 Å². The Kier molecular flexibility index (Phi) is 5.95. The molecule has 1 aromatic heterocycles. The van der Waals surface area contributed by atoms with E-state index in [4.69, 9.17) is 0 Å². The van der Waals surface area contributed by atoms with Gasteiger partial charge in [-0.15, -0.1) is 11.3 Å². The van der Waals surface area contributed by atoms with Crippen molar-refractivity contribution in [3.8, 4) is 0 Å². The van der Waals surface area contributed by atoms with Crippen LogP contribution in [0.5, 0.6) is 0 Å². The zero-order valence-electron chi connectivity index (χ0n) is 16.0. The number of benzene rings is 1. The predicted molar refractivity (Wildman–Crippen MR) is 113 cm³/mol. The molecule has 0 bridgehead atoms. The number of thiophene rings is 1. The number of carbonyl (C=O) groups excluding carboxylic acids is 2. The molecular weight excluding hydrogens is 370 g/mol. The van der Waals surface area contributed by atoms with Crippen molar-refractivity contribution in [2.45, 2.75) is 38.1 Å². The molecule has 0 unspecified atom stereocenters. The second-order valence-electron chi connectivity index (χ2n) is 7.76. The molecule has 1 aromatic carbocycles. The number of rotatable bonds is 7. The number of nitrogens with one attached hydrogen (secondary N) is 2. The number of hydrogen-bond acceptors (Lipinski definition) is 4. The number of hydrogen-bond donors (Lipinski definition) is 2. The lowest BCUT2D eigenvalue weighted by Crippen LogP contribution is -2.45. The van der Waals surface area contributed by atoms with Gasteiger partial charge in [-0.2, -0.15) is 0 Å². The Morgan fingerprint density at radius 2 is 1.82 bits per heavy atom. The van der Waals surface area contributed by atoms with Gasteiger partial charge in [0.1, 0.15) is 0 Å². The van der Waals surface area contributed by atoms with Crippen LogP contribution in [0.15, 0.2) is 41.8 Å². The number of amides is 2. The van der Waals surface area contributed by atoms with E-state index in [1.165, 1.54) is 12.8 Å². The normalized spacial score (nSPS) is 17.4. The summed E-state index contributed by atoms with van der Waals surface area (Å²) in [4.78, 5) is 28.2. The van der Waals surface area contributed by atoms with E-state index in [0.29, 0.717) is 12.3 Å². The van der Waals surface area contributed by atoms with E-state index in [-0.39, 0.29) is 17.9 Å². The lowest BCUT2D eigenvalue weighted by atomic mass is 10.0. The Hall–Kier alpha value is -2.34. The van der Waals surface area contributed by atoms with Gasteiger partial charge in [-0.3, -0.25) is 9.59 Å². The van der Waals surface area contributed by atoms with Crippen molar-refractivity contribution in [2.75, 3.05) is 24.5 Å². The van der Waals surface area contributed by atoms with Crippen molar-refractivity contribution >= 4 is 28.8 Å². The van der Waals surface area contributed by atoms with Gasteiger partial charge in [-0.1, -0.05) is 18.2 Å². The molecular formula is C22H27N3O2S. The molecule has 6 heteroatoms. The lowest BCUT2D eigenvalue weighted by molar-refractivity contribution is -0.121. The largest absolute Gasteiger partial charge is 0.371 e. The van der Waals surface area contributed by atoms with Crippen molar-refractivity contribution in [1.29, 1.82) is 0 Å². The van der Waals surface area contributed by atoms with Crippen LogP contribution in [-0.4, -0.2) is 37.5 Å². The van der Waals surface area contributed by atoms with Crippen LogP contribution in [0.3, 0.4) is 0 Å². The molecule has 1 aliphatic heterocycles. The highest BCUT2D eigenvalue weighted by molar-refractivity contribution is 7.10. The molecule has 1 saturated carbocycles. The zero-order valence-corrected chi connectivity index (χ0v) is 16.8. The first-order valence-corrected chi connectivity index (χ1v) is 11.0. The smallest absolute Gasteiger partial charge is 0.253 e. The summed E-state index contributed by atoms with van der Waals surface area (Å²) in [6.45, 7) is 2.47. The van der Waals surface area contributed by atoms with Crippen LogP contribution >= 0.6 is 11.3 Å². The van der Waals surface area contributed by atoms with Gasteiger partial charge in [0, 0.05) is 36.2 Å². The summed E-state index contributed by atoms with van der Waals surface area (Å²) < 4.78 is 0. The lowest BCUT2D eigenvalue weighted by Gasteiger charge is -2.35. The quantitative estimate of drug-likeness (QED) is 0.754. The molecule has 2 aromatic rings. The van der Waals surface area contributed by atoms with Crippen LogP contribution in [0.25, 0.3) is 0 Å². The van der Waals surface area contributed by atoms with E-state index < -0.39 is 0 Å². The van der Waals surface area contributed by atoms with Gasteiger partial charge in [-0.25, -0.2) is 0 Å². The van der Waals surface area contributed by atoms with Crippen molar-refractivity contribution in [1.82, 2.24) is 10.6 Å². The average molecular weight is 398 g/mol. The highest BCUT2D eigenvalue weighted by atomic mass is 32.1. The summed E-state index contributed by atoms with van der Waals surface area (Å²) in [5.41, 5.74) is 1.75.